The van der Waals surface area contributed by atoms with E-state index in [1.165, 1.54) is 12.8 Å². The summed E-state index contributed by atoms with van der Waals surface area (Å²) >= 11 is 0. The summed E-state index contributed by atoms with van der Waals surface area (Å²) in [5, 5.41) is 11.4. The van der Waals surface area contributed by atoms with E-state index < -0.39 is 0 Å². The minimum absolute atomic E-state index is 0.00918. The van der Waals surface area contributed by atoms with Gasteiger partial charge in [0.2, 0.25) is 11.6 Å². The smallest absolute Gasteiger partial charge is 0.239 e. The fourth-order valence-corrected chi connectivity index (χ4v) is 2.44. The van der Waals surface area contributed by atoms with Crippen LogP contribution in [0, 0.1) is 0 Å². The van der Waals surface area contributed by atoms with Gasteiger partial charge in [-0.05, 0) is 26.7 Å². The van der Waals surface area contributed by atoms with Gasteiger partial charge in [0.15, 0.2) is 5.82 Å². The Morgan fingerprint density at radius 3 is 2.90 bits per heavy atom. The fraction of sp³-hybridized carbons (Fsp3) is 0.571. The molecule has 0 spiro atoms. The number of hydrogen-bond acceptors (Lipinski definition) is 5. The van der Waals surface area contributed by atoms with Gasteiger partial charge in [-0.15, -0.1) is 10.2 Å². The molecule has 112 valence electrons. The number of nitrogens with zero attached hydrogens (tertiary/aromatic N) is 5. The lowest BCUT2D eigenvalue weighted by Crippen LogP contribution is -2.37. The molecule has 0 bridgehead atoms. The number of hydrogen-bond donors (Lipinski definition) is 1. The third kappa shape index (κ3) is 2.68. The Morgan fingerprint density at radius 1 is 1.43 bits per heavy atom. The van der Waals surface area contributed by atoms with Gasteiger partial charge in [0.25, 0.3) is 0 Å². The van der Waals surface area contributed by atoms with Crippen molar-refractivity contribution in [3.05, 3.63) is 18.2 Å². The van der Waals surface area contributed by atoms with Crippen LogP contribution in [0.15, 0.2) is 12.4 Å². The lowest BCUT2D eigenvalue weighted by Gasteiger charge is -2.21. The molecule has 1 N–H and O–H groups in total. The van der Waals surface area contributed by atoms with Gasteiger partial charge >= 0.3 is 0 Å². The highest BCUT2D eigenvalue weighted by molar-refractivity contribution is 5.82. The number of fused-ring (bicyclic) bond motifs is 1. The van der Waals surface area contributed by atoms with Gasteiger partial charge in [-0.3, -0.25) is 9.20 Å². The molecule has 0 aliphatic heterocycles. The van der Waals surface area contributed by atoms with Gasteiger partial charge in [-0.1, -0.05) is 0 Å². The predicted molar refractivity (Wildman–Crippen MR) is 79.3 cm³/mol. The second kappa shape index (κ2) is 5.67. The number of rotatable bonds is 6. The summed E-state index contributed by atoms with van der Waals surface area (Å²) in [5.74, 6) is 2.23. The zero-order chi connectivity index (χ0) is 14.8. The Morgan fingerprint density at radius 2 is 2.24 bits per heavy atom. The Balaban J connectivity index is 1.92. The van der Waals surface area contributed by atoms with E-state index in [2.05, 4.69) is 20.5 Å². The molecule has 7 nitrogen and oxygen atoms in total. The molecular formula is C14H20N6O. The van der Waals surface area contributed by atoms with Gasteiger partial charge in [-0.2, -0.15) is 0 Å². The van der Waals surface area contributed by atoms with Crippen LogP contribution in [0.1, 0.15) is 38.4 Å². The van der Waals surface area contributed by atoms with Gasteiger partial charge in [-0.25, -0.2) is 4.98 Å². The number of nitrogens with one attached hydrogen (secondary N) is 1. The Kier molecular flexibility index (Phi) is 3.72. The molecule has 1 amide bonds. The number of likely N-dealkylation sites (N-methyl/N-ethyl adjacent to an activating group) is 2. The van der Waals surface area contributed by atoms with Crippen molar-refractivity contribution in [1.29, 1.82) is 0 Å². The van der Waals surface area contributed by atoms with Crippen molar-refractivity contribution in [3.63, 3.8) is 0 Å². The largest absolute Gasteiger partial charge is 0.355 e. The van der Waals surface area contributed by atoms with E-state index in [0.717, 1.165) is 11.5 Å². The van der Waals surface area contributed by atoms with Gasteiger partial charge in [0.05, 0.1) is 6.54 Å². The van der Waals surface area contributed by atoms with Gasteiger partial charge in [0, 0.05) is 31.4 Å². The lowest BCUT2D eigenvalue weighted by molar-refractivity contribution is -0.119. The molecule has 1 saturated carbocycles. The maximum absolute atomic E-state index is 11.8. The van der Waals surface area contributed by atoms with Gasteiger partial charge in [0.1, 0.15) is 5.82 Å². The van der Waals surface area contributed by atoms with Crippen molar-refractivity contribution in [2.24, 2.45) is 0 Å². The molecule has 0 unspecified atom stereocenters. The zero-order valence-corrected chi connectivity index (χ0v) is 12.4. The average molecular weight is 288 g/mol. The Labute approximate surface area is 123 Å². The summed E-state index contributed by atoms with van der Waals surface area (Å²) in [6, 6.07) is 0. The molecule has 21 heavy (non-hydrogen) atoms. The van der Waals surface area contributed by atoms with Crippen LogP contribution in [0.3, 0.4) is 0 Å². The maximum atomic E-state index is 11.8. The number of amides is 1. The van der Waals surface area contributed by atoms with E-state index in [4.69, 9.17) is 0 Å². The second-order valence-electron chi connectivity index (χ2n) is 5.24. The van der Waals surface area contributed by atoms with E-state index in [1.807, 2.05) is 29.3 Å². The minimum atomic E-state index is -0.00918. The second-order valence-corrected chi connectivity index (χ2v) is 5.24. The third-order valence-electron chi connectivity index (χ3n) is 3.67. The molecular weight excluding hydrogens is 268 g/mol. The van der Waals surface area contributed by atoms with Crippen LogP contribution in [0.5, 0.6) is 0 Å². The van der Waals surface area contributed by atoms with E-state index in [1.54, 1.807) is 6.20 Å². The van der Waals surface area contributed by atoms with E-state index in [9.17, 15) is 4.79 Å². The van der Waals surface area contributed by atoms with Gasteiger partial charge < -0.3 is 10.2 Å². The van der Waals surface area contributed by atoms with Crippen molar-refractivity contribution in [2.75, 3.05) is 24.5 Å². The van der Waals surface area contributed by atoms with Crippen molar-refractivity contribution >= 4 is 17.4 Å². The van der Waals surface area contributed by atoms with Crippen LogP contribution in [0.4, 0.5) is 5.82 Å². The van der Waals surface area contributed by atoms with Crippen LogP contribution in [0.2, 0.25) is 0 Å². The average Bonchev–Trinajstić information content (AvgIpc) is 3.24. The number of anilines is 1. The predicted octanol–water partition coefficient (Wildman–Crippen LogP) is 0.964. The van der Waals surface area contributed by atoms with Crippen LogP contribution in [-0.2, 0) is 4.79 Å². The molecule has 2 heterocycles. The van der Waals surface area contributed by atoms with E-state index in [0.29, 0.717) is 24.8 Å². The fourth-order valence-electron chi connectivity index (χ4n) is 2.44. The Hall–Kier alpha value is -2.18. The topological polar surface area (TPSA) is 75.4 Å². The molecule has 2 aromatic heterocycles. The van der Waals surface area contributed by atoms with Crippen LogP contribution in [0.25, 0.3) is 5.65 Å². The monoisotopic (exact) mass is 288 g/mol. The van der Waals surface area contributed by atoms with Crippen molar-refractivity contribution in [1.82, 2.24) is 24.9 Å². The summed E-state index contributed by atoms with van der Waals surface area (Å²) in [6.45, 7) is 5.51. The normalized spacial score (nSPS) is 14.4. The summed E-state index contributed by atoms with van der Waals surface area (Å²) in [7, 11) is 0. The third-order valence-corrected chi connectivity index (χ3v) is 3.67. The van der Waals surface area contributed by atoms with Crippen molar-refractivity contribution in [2.45, 2.75) is 32.6 Å². The number of carbonyl (C=O) groups is 1. The first-order valence-corrected chi connectivity index (χ1v) is 7.45. The molecule has 0 atom stereocenters. The molecule has 3 rings (SSSR count). The van der Waals surface area contributed by atoms with Crippen molar-refractivity contribution in [3.8, 4) is 0 Å². The molecule has 0 saturated heterocycles. The van der Waals surface area contributed by atoms with Crippen LogP contribution in [-0.4, -0.2) is 45.1 Å². The maximum Gasteiger partial charge on any atom is 0.239 e. The summed E-state index contributed by atoms with van der Waals surface area (Å²) in [4.78, 5) is 18.2. The van der Waals surface area contributed by atoms with Crippen LogP contribution >= 0.6 is 0 Å². The molecule has 1 aliphatic rings. The molecule has 1 aliphatic carbocycles. The standard InChI is InChI=1S/C14H20N6O/c1-3-15-11(21)9-19(4-2)13-14-18-17-12(10-5-6-10)20(14)8-7-16-13/h7-8,10H,3-6,9H2,1-2H3,(H,15,21). The Bertz CT molecular complexity index is 648. The van der Waals surface area contributed by atoms with E-state index in [-0.39, 0.29) is 12.5 Å². The first-order valence-electron chi connectivity index (χ1n) is 7.45. The molecule has 0 aromatic carbocycles. The van der Waals surface area contributed by atoms with Crippen LogP contribution < -0.4 is 10.2 Å². The summed E-state index contributed by atoms with van der Waals surface area (Å²) in [6.07, 6.45) is 5.99. The number of carbonyl (C=O) groups excluding carboxylic acids is 1. The number of aromatic nitrogens is 4. The quantitative estimate of drug-likeness (QED) is 0.857. The minimum Gasteiger partial charge on any atom is -0.355 e. The van der Waals surface area contributed by atoms with E-state index >= 15 is 0 Å². The highest BCUT2D eigenvalue weighted by Crippen LogP contribution is 2.39. The van der Waals surface area contributed by atoms with Crippen molar-refractivity contribution < 1.29 is 4.79 Å². The summed E-state index contributed by atoms with van der Waals surface area (Å²) in [5.41, 5.74) is 0.727. The molecule has 1 fully saturated rings. The summed E-state index contributed by atoms with van der Waals surface area (Å²) < 4.78 is 2.00. The highest BCUT2D eigenvalue weighted by Gasteiger charge is 2.29. The highest BCUT2D eigenvalue weighted by atomic mass is 16.2. The molecule has 0 radical (unpaired) electrons. The lowest BCUT2D eigenvalue weighted by atomic mass is 10.4. The SMILES string of the molecule is CCNC(=O)CN(CC)c1nccn2c(C3CC3)nnc12. The zero-order valence-electron chi connectivity index (χ0n) is 12.4. The first kappa shape index (κ1) is 13.8. The first-order chi connectivity index (χ1) is 10.2. The molecule has 2 aromatic rings. The molecule has 7 heteroatoms.